The second-order valence-electron chi connectivity index (χ2n) is 2.21. The second kappa shape index (κ2) is 3.75. The standard InChI is InChI=1S/C8H4Cl2FN/c9-6-3-5(1-2-12)4-7(10)8(6)11/h3-4H,1H2. The van der Waals surface area contributed by atoms with E-state index in [0.29, 0.717) is 5.56 Å². The molecule has 0 N–H and O–H groups in total. The number of rotatable bonds is 1. The topological polar surface area (TPSA) is 23.8 Å². The molecule has 0 aromatic heterocycles. The van der Waals surface area contributed by atoms with E-state index in [1.54, 1.807) is 0 Å². The molecule has 0 saturated carbocycles. The molecule has 0 amide bonds. The summed E-state index contributed by atoms with van der Waals surface area (Å²) in [7, 11) is 0. The van der Waals surface area contributed by atoms with Crippen LogP contribution in [-0.4, -0.2) is 0 Å². The van der Waals surface area contributed by atoms with Gasteiger partial charge < -0.3 is 0 Å². The molecule has 1 rings (SSSR count). The Morgan fingerprint density at radius 1 is 1.33 bits per heavy atom. The predicted molar refractivity (Wildman–Crippen MR) is 45.7 cm³/mol. The molecule has 0 spiro atoms. The van der Waals surface area contributed by atoms with Crippen LogP contribution in [-0.2, 0) is 6.42 Å². The van der Waals surface area contributed by atoms with Crippen molar-refractivity contribution in [1.82, 2.24) is 0 Å². The van der Waals surface area contributed by atoms with E-state index in [4.69, 9.17) is 28.5 Å². The maximum Gasteiger partial charge on any atom is 0.160 e. The Kier molecular flexibility index (Phi) is 2.91. The van der Waals surface area contributed by atoms with Crippen LogP contribution in [0.4, 0.5) is 4.39 Å². The van der Waals surface area contributed by atoms with Gasteiger partial charge in [-0.25, -0.2) is 4.39 Å². The van der Waals surface area contributed by atoms with Crippen LogP contribution >= 0.6 is 23.2 Å². The van der Waals surface area contributed by atoms with Gasteiger partial charge in [-0.15, -0.1) is 0 Å². The Hall–Kier alpha value is -0.780. The van der Waals surface area contributed by atoms with Crippen molar-refractivity contribution in [2.45, 2.75) is 6.42 Å². The van der Waals surface area contributed by atoms with Gasteiger partial charge in [0.1, 0.15) is 0 Å². The Labute approximate surface area is 79.3 Å². The highest BCUT2D eigenvalue weighted by atomic mass is 35.5. The zero-order valence-electron chi connectivity index (χ0n) is 5.94. The normalized spacial score (nSPS) is 9.50. The smallest absolute Gasteiger partial charge is 0.160 e. The summed E-state index contributed by atoms with van der Waals surface area (Å²) in [6.07, 6.45) is 0.180. The van der Waals surface area contributed by atoms with Crippen molar-refractivity contribution in [3.05, 3.63) is 33.6 Å². The molecular weight excluding hydrogens is 200 g/mol. The van der Waals surface area contributed by atoms with Gasteiger partial charge in [-0.05, 0) is 17.7 Å². The van der Waals surface area contributed by atoms with Gasteiger partial charge in [0.25, 0.3) is 0 Å². The summed E-state index contributed by atoms with van der Waals surface area (Å²) in [5, 5.41) is 8.24. The minimum Gasteiger partial charge on any atom is -0.204 e. The molecule has 0 aliphatic carbocycles. The molecule has 0 bridgehead atoms. The van der Waals surface area contributed by atoms with Crippen molar-refractivity contribution in [2.75, 3.05) is 0 Å². The largest absolute Gasteiger partial charge is 0.204 e. The van der Waals surface area contributed by atoms with Gasteiger partial charge >= 0.3 is 0 Å². The fraction of sp³-hybridized carbons (Fsp3) is 0.125. The van der Waals surface area contributed by atoms with E-state index in [0.717, 1.165) is 0 Å². The molecule has 1 aromatic rings. The second-order valence-corrected chi connectivity index (χ2v) is 3.02. The van der Waals surface area contributed by atoms with Gasteiger partial charge in [-0.2, -0.15) is 5.26 Å². The lowest BCUT2D eigenvalue weighted by Crippen LogP contribution is -1.85. The molecular formula is C8H4Cl2FN. The zero-order chi connectivity index (χ0) is 9.14. The maximum absolute atomic E-state index is 12.8. The molecule has 12 heavy (non-hydrogen) atoms. The predicted octanol–water partition coefficient (Wildman–Crippen LogP) is 3.20. The van der Waals surface area contributed by atoms with Crippen LogP contribution in [0.15, 0.2) is 12.1 Å². The first kappa shape index (κ1) is 9.31. The summed E-state index contributed by atoms with van der Waals surface area (Å²) >= 11 is 11.0. The molecule has 0 unspecified atom stereocenters. The Balaban J connectivity index is 3.14. The van der Waals surface area contributed by atoms with Gasteiger partial charge in [-0.1, -0.05) is 23.2 Å². The molecule has 0 saturated heterocycles. The maximum atomic E-state index is 12.8. The first-order valence-corrected chi connectivity index (χ1v) is 3.91. The van der Waals surface area contributed by atoms with E-state index in [1.165, 1.54) is 12.1 Å². The SMILES string of the molecule is N#CCc1cc(Cl)c(F)c(Cl)c1. The minimum absolute atomic E-state index is 0.0484. The van der Waals surface area contributed by atoms with Crippen LogP contribution in [0.1, 0.15) is 5.56 Å². The Morgan fingerprint density at radius 2 is 1.83 bits per heavy atom. The van der Waals surface area contributed by atoms with E-state index < -0.39 is 5.82 Å². The van der Waals surface area contributed by atoms with E-state index in [1.807, 2.05) is 6.07 Å². The molecule has 0 aliphatic heterocycles. The first-order valence-electron chi connectivity index (χ1n) is 3.15. The van der Waals surface area contributed by atoms with E-state index in [2.05, 4.69) is 0 Å². The number of hydrogen-bond acceptors (Lipinski definition) is 1. The molecule has 0 heterocycles. The molecule has 0 aliphatic rings. The molecule has 0 radical (unpaired) electrons. The van der Waals surface area contributed by atoms with Gasteiger partial charge in [0.2, 0.25) is 0 Å². The Morgan fingerprint density at radius 3 is 2.25 bits per heavy atom. The summed E-state index contributed by atoms with van der Waals surface area (Å²) in [6, 6.07) is 4.71. The van der Waals surface area contributed by atoms with E-state index in [9.17, 15) is 4.39 Å². The number of benzene rings is 1. The summed E-state index contributed by atoms with van der Waals surface area (Å²) in [6.45, 7) is 0. The van der Waals surface area contributed by atoms with Crippen LogP contribution in [0, 0.1) is 17.1 Å². The summed E-state index contributed by atoms with van der Waals surface area (Å²) in [4.78, 5) is 0. The van der Waals surface area contributed by atoms with Crippen molar-refractivity contribution in [2.24, 2.45) is 0 Å². The molecule has 1 aromatic carbocycles. The number of halogens is 3. The van der Waals surface area contributed by atoms with E-state index >= 15 is 0 Å². The summed E-state index contributed by atoms with van der Waals surface area (Å²) < 4.78 is 12.8. The van der Waals surface area contributed by atoms with Crippen LogP contribution in [0.3, 0.4) is 0 Å². The first-order chi connectivity index (χ1) is 5.65. The van der Waals surface area contributed by atoms with Crippen molar-refractivity contribution in [1.29, 1.82) is 5.26 Å². The van der Waals surface area contributed by atoms with Crippen LogP contribution < -0.4 is 0 Å². The number of hydrogen-bond donors (Lipinski definition) is 0. The lowest BCUT2D eigenvalue weighted by molar-refractivity contribution is 0.628. The molecule has 0 atom stereocenters. The molecule has 1 nitrogen and oxygen atoms in total. The monoisotopic (exact) mass is 203 g/mol. The number of nitrogens with zero attached hydrogens (tertiary/aromatic N) is 1. The lowest BCUT2D eigenvalue weighted by atomic mass is 10.2. The lowest BCUT2D eigenvalue weighted by Gasteiger charge is -1.99. The van der Waals surface area contributed by atoms with Crippen molar-refractivity contribution in [3.8, 4) is 6.07 Å². The quantitative estimate of drug-likeness (QED) is 0.644. The third-order valence-corrected chi connectivity index (χ3v) is 1.88. The van der Waals surface area contributed by atoms with Crippen molar-refractivity contribution in [3.63, 3.8) is 0 Å². The summed E-state index contributed by atoms with van der Waals surface area (Å²) in [5.41, 5.74) is 0.619. The van der Waals surface area contributed by atoms with Gasteiger partial charge in [0.15, 0.2) is 5.82 Å². The fourth-order valence-electron chi connectivity index (χ4n) is 0.801. The fourth-order valence-corrected chi connectivity index (χ4v) is 1.33. The third kappa shape index (κ3) is 1.88. The zero-order valence-corrected chi connectivity index (χ0v) is 7.45. The average Bonchev–Trinajstić information content (AvgIpc) is 2.01. The van der Waals surface area contributed by atoms with Crippen LogP contribution in [0.5, 0.6) is 0 Å². The van der Waals surface area contributed by atoms with Crippen molar-refractivity contribution >= 4 is 23.2 Å². The highest BCUT2D eigenvalue weighted by Gasteiger charge is 2.06. The van der Waals surface area contributed by atoms with E-state index in [-0.39, 0.29) is 16.5 Å². The highest BCUT2D eigenvalue weighted by molar-refractivity contribution is 6.34. The van der Waals surface area contributed by atoms with Gasteiger partial charge in [-0.3, -0.25) is 0 Å². The molecule has 0 fully saturated rings. The molecule has 62 valence electrons. The molecule has 4 heteroatoms. The van der Waals surface area contributed by atoms with Crippen LogP contribution in [0.25, 0.3) is 0 Å². The number of nitriles is 1. The van der Waals surface area contributed by atoms with Crippen LogP contribution in [0.2, 0.25) is 10.0 Å². The summed E-state index contributed by atoms with van der Waals surface area (Å²) in [5.74, 6) is -0.639. The van der Waals surface area contributed by atoms with Gasteiger partial charge in [0.05, 0.1) is 22.5 Å². The van der Waals surface area contributed by atoms with Crippen molar-refractivity contribution < 1.29 is 4.39 Å². The Bertz CT molecular complexity index is 320. The minimum atomic E-state index is -0.639. The average molecular weight is 204 g/mol. The highest BCUT2D eigenvalue weighted by Crippen LogP contribution is 2.24. The third-order valence-electron chi connectivity index (χ3n) is 1.33. The van der Waals surface area contributed by atoms with Gasteiger partial charge in [0, 0.05) is 0 Å².